The molecule has 0 radical (unpaired) electrons. The van der Waals surface area contributed by atoms with Gasteiger partial charge in [0.1, 0.15) is 0 Å². The Morgan fingerprint density at radius 1 is 1.38 bits per heavy atom. The van der Waals surface area contributed by atoms with Gasteiger partial charge in [-0.2, -0.15) is 0 Å². The summed E-state index contributed by atoms with van der Waals surface area (Å²) in [7, 11) is -1.18. The fraction of sp³-hybridized carbons (Fsp3) is 0.600. The summed E-state index contributed by atoms with van der Waals surface area (Å²) in [5.74, 6) is 0. The summed E-state index contributed by atoms with van der Waals surface area (Å²) in [5.41, 5.74) is 0. The Labute approximate surface area is 50.0 Å². The van der Waals surface area contributed by atoms with Gasteiger partial charge in [-0.15, -0.1) is 0 Å². The number of rotatable bonds is 3. The highest BCUT2D eigenvalue weighted by atomic mass is 16.4. The standard InChI is InChI=1S/C5H11BO2/c1-2-3-4-5-6(7)8/h3-4,7-8H,2,5H2,1H3/b4-3-. The molecule has 0 fully saturated rings. The highest BCUT2D eigenvalue weighted by Gasteiger charge is 1.99. The molecule has 0 amide bonds. The first-order valence-electron chi connectivity index (χ1n) is 2.78. The first-order valence-corrected chi connectivity index (χ1v) is 2.78. The molecule has 46 valence electrons. The Bertz CT molecular complexity index is 70.8. The van der Waals surface area contributed by atoms with Crippen LogP contribution in [0.5, 0.6) is 0 Å². The zero-order chi connectivity index (χ0) is 6.41. The van der Waals surface area contributed by atoms with Crippen molar-refractivity contribution >= 4 is 7.12 Å². The van der Waals surface area contributed by atoms with Gasteiger partial charge in [-0.25, -0.2) is 0 Å². The molecule has 0 atom stereocenters. The Balaban J connectivity index is 3.03. The molecule has 0 heterocycles. The van der Waals surface area contributed by atoms with Crippen LogP contribution in [0.25, 0.3) is 0 Å². The van der Waals surface area contributed by atoms with Crippen LogP contribution in [0.3, 0.4) is 0 Å². The molecule has 8 heavy (non-hydrogen) atoms. The van der Waals surface area contributed by atoms with Gasteiger partial charge in [-0.3, -0.25) is 0 Å². The molecule has 0 aromatic carbocycles. The monoisotopic (exact) mass is 114 g/mol. The van der Waals surface area contributed by atoms with Gasteiger partial charge in [0.2, 0.25) is 0 Å². The Hall–Kier alpha value is -0.275. The van der Waals surface area contributed by atoms with Crippen LogP contribution >= 0.6 is 0 Å². The van der Waals surface area contributed by atoms with Crippen LogP contribution in [0, 0.1) is 0 Å². The molecule has 2 nitrogen and oxygen atoms in total. The van der Waals surface area contributed by atoms with E-state index in [1.807, 2.05) is 13.0 Å². The van der Waals surface area contributed by atoms with E-state index in [0.717, 1.165) is 6.42 Å². The largest absolute Gasteiger partial charge is 0.455 e. The molecule has 0 aliphatic heterocycles. The first kappa shape index (κ1) is 7.72. The molecule has 2 N–H and O–H groups in total. The Kier molecular flexibility index (Phi) is 4.71. The van der Waals surface area contributed by atoms with Crippen LogP contribution in [-0.4, -0.2) is 17.2 Å². The summed E-state index contributed by atoms with van der Waals surface area (Å²) >= 11 is 0. The zero-order valence-electron chi connectivity index (χ0n) is 5.04. The van der Waals surface area contributed by atoms with Gasteiger partial charge in [0.25, 0.3) is 0 Å². The molecule has 0 aliphatic rings. The maximum Gasteiger partial charge on any atom is 0.455 e. The lowest BCUT2D eigenvalue weighted by atomic mass is 9.86. The second-order valence-corrected chi connectivity index (χ2v) is 1.60. The van der Waals surface area contributed by atoms with Crippen molar-refractivity contribution < 1.29 is 10.0 Å². The van der Waals surface area contributed by atoms with Crippen molar-refractivity contribution in [3.05, 3.63) is 12.2 Å². The minimum atomic E-state index is -1.18. The first-order chi connectivity index (χ1) is 3.77. The topological polar surface area (TPSA) is 40.5 Å². The predicted molar refractivity (Wildman–Crippen MR) is 34.4 cm³/mol. The van der Waals surface area contributed by atoms with Gasteiger partial charge >= 0.3 is 7.12 Å². The lowest BCUT2D eigenvalue weighted by Gasteiger charge is -1.86. The van der Waals surface area contributed by atoms with E-state index in [-0.39, 0.29) is 0 Å². The van der Waals surface area contributed by atoms with Crippen molar-refractivity contribution in [3.63, 3.8) is 0 Å². The van der Waals surface area contributed by atoms with Crippen LogP contribution < -0.4 is 0 Å². The van der Waals surface area contributed by atoms with Gasteiger partial charge in [-0.1, -0.05) is 19.1 Å². The van der Waals surface area contributed by atoms with E-state index in [0.29, 0.717) is 6.32 Å². The second kappa shape index (κ2) is 4.87. The highest BCUT2D eigenvalue weighted by molar-refractivity contribution is 6.41. The minimum absolute atomic E-state index is 0.341. The summed E-state index contributed by atoms with van der Waals surface area (Å²) in [6, 6.07) is 0. The van der Waals surface area contributed by atoms with E-state index in [4.69, 9.17) is 10.0 Å². The van der Waals surface area contributed by atoms with Crippen LogP contribution in [0.15, 0.2) is 12.2 Å². The third-order valence-corrected chi connectivity index (χ3v) is 0.749. The van der Waals surface area contributed by atoms with E-state index in [9.17, 15) is 0 Å². The number of hydrogen-bond donors (Lipinski definition) is 2. The fourth-order valence-electron chi connectivity index (χ4n) is 0.385. The van der Waals surface area contributed by atoms with Gasteiger partial charge < -0.3 is 10.0 Å². The molecule has 0 bridgehead atoms. The van der Waals surface area contributed by atoms with Crippen LogP contribution in [0.1, 0.15) is 13.3 Å². The van der Waals surface area contributed by atoms with E-state index < -0.39 is 7.12 Å². The van der Waals surface area contributed by atoms with Crippen molar-refractivity contribution in [1.29, 1.82) is 0 Å². The Morgan fingerprint density at radius 2 is 2.00 bits per heavy atom. The molecular weight excluding hydrogens is 103 g/mol. The third kappa shape index (κ3) is 5.72. The van der Waals surface area contributed by atoms with Crippen molar-refractivity contribution in [1.82, 2.24) is 0 Å². The fourth-order valence-corrected chi connectivity index (χ4v) is 0.385. The minimum Gasteiger partial charge on any atom is -0.427 e. The van der Waals surface area contributed by atoms with E-state index >= 15 is 0 Å². The van der Waals surface area contributed by atoms with Gasteiger partial charge in [0.15, 0.2) is 0 Å². The summed E-state index contributed by atoms with van der Waals surface area (Å²) in [4.78, 5) is 0. The molecule has 0 aromatic rings. The molecule has 0 saturated carbocycles. The molecule has 3 heteroatoms. The molecular formula is C5H11BO2. The summed E-state index contributed by atoms with van der Waals surface area (Å²) < 4.78 is 0. The number of hydrogen-bond acceptors (Lipinski definition) is 2. The van der Waals surface area contributed by atoms with Crippen molar-refractivity contribution in [2.24, 2.45) is 0 Å². The maximum atomic E-state index is 8.28. The average Bonchev–Trinajstić information content (AvgIpc) is 1.66. The third-order valence-electron chi connectivity index (χ3n) is 0.749. The molecule has 0 rings (SSSR count). The zero-order valence-corrected chi connectivity index (χ0v) is 5.04. The van der Waals surface area contributed by atoms with Gasteiger partial charge in [0.05, 0.1) is 0 Å². The quantitative estimate of drug-likeness (QED) is 0.412. The van der Waals surface area contributed by atoms with Crippen molar-refractivity contribution in [2.45, 2.75) is 19.7 Å². The summed E-state index contributed by atoms with van der Waals surface area (Å²) in [6.45, 7) is 2.00. The smallest absolute Gasteiger partial charge is 0.427 e. The van der Waals surface area contributed by atoms with Crippen LogP contribution in [0.4, 0.5) is 0 Å². The predicted octanol–water partition coefficient (Wildman–Crippen LogP) is 0.425. The molecule has 0 aliphatic carbocycles. The summed E-state index contributed by atoms with van der Waals surface area (Å²) in [6.07, 6.45) is 4.95. The van der Waals surface area contributed by atoms with Gasteiger partial charge in [0, 0.05) is 0 Å². The van der Waals surface area contributed by atoms with E-state index in [2.05, 4.69) is 0 Å². The SMILES string of the molecule is CC/C=C\CB(O)O. The average molecular weight is 114 g/mol. The van der Waals surface area contributed by atoms with Crippen LogP contribution in [0.2, 0.25) is 6.32 Å². The molecule has 0 aromatic heterocycles. The second-order valence-electron chi connectivity index (χ2n) is 1.60. The molecule has 0 saturated heterocycles. The molecule has 0 spiro atoms. The van der Waals surface area contributed by atoms with Gasteiger partial charge in [-0.05, 0) is 12.7 Å². The van der Waals surface area contributed by atoms with Crippen LogP contribution in [-0.2, 0) is 0 Å². The lowest BCUT2D eigenvalue weighted by molar-refractivity contribution is 0.411. The van der Waals surface area contributed by atoms with Crippen molar-refractivity contribution in [3.8, 4) is 0 Å². The summed E-state index contributed by atoms with van der Waals surface area (Å²) in [5, 5.41) is 16.6. The number of allylic oxidation sites excluding steroid dienone is 2. The normalized spacial score (nSPS) is 10.4. The molecule has 0 unspecified atom stereocenters. The van der Waals surface area contributed by atoms with E-state index in [1.54, 1.807) is 6.08 Å². The highest BCUT2D eigenvalue weighted by Crippen LogP contribution is 1.87. The Morgan fingerprint density at radius 3 is 2.38 bits per heavy atom. The lowest BCUT2D eigenvalue weighted by Crippen LogP contribution is -2.07. The van der Waals surface area contributed by atoms with E-state index in [1.165, 1.54) is 0 Å². The maximum absolute atomic E-state index is 8.28. The van der Waals surface area contributed by atoms with Crippen molar-refractivity contribution in [2.75, 3.05) is 0 Å².